The maximum Gasteiger partial charge on any atom is 0.322 e. The van der Waals surface area contributed by atoms with Gasteiger partial charge in [0.15, 0.2) is 0 Å². The molecule has 0 aromatic heterocycles. The Morgan fingerprint density at radius 2 is 1.65 bits per heavy atom. The molecule has 7 heteroatoms. The van der Waals surface area contributed by atoms with E-state index >= 15 is 0 Å². The first-order valence-electron chi connectivity index (χ1n) is 5.83. The molecule has 102 valence electrons. The Morgan fingerprint density at radius 1 is 0.950 bits per heavy atom. The van der Waals surface area contributed by atoms with Crippen molar-refractivity contribution in [2.24, 2.45) is 0 Å². The van der Waals surface area contributed by atoms with E-state index in [1.165, 1.54) is 6.07 Å². The van der Waals surface area contributed by atoms with Crippen molar-refractivity contribution in [1.82, 2.24) is 10.6 Å². The SMILES string of the molecule is O=C1NC(=O)C(S(=O)(=O)c2cccc3ccccc23)N1. The lowest BCUT2D eigenvalue weighted by atomic mass is 10.1. The van der Waals surface area contributed by atoms with Crippen LogP contribution < -0.4 is 10.6 Å². The average molecular weight is 290 g/mol. The van der Waals surface area contributed by atoms with E-state index in [4.69, 9.17) is 0 Å². The van der Waals surface area contributed by atoms with E-state index < -0.39 is 27.1 Å². The van der Waals surface area contributed by atoms with Gasteiger partial charge in [-0.05, 0) is 11.5 Å². The molecule has 3 amide bonds. The fraction of sp³-hybridized carbons (Fsp3) is 0.0769. The minimum atomic E-state index is -3.99. The van der Waals surface area contributed by atoms with Gasteiger partial charge in [-0.1, -0.05) is 36.4 Å². The first-order chi connectivity index (χ1) is 9.50. The molecule has 0 radical (unpaired) electrons. The van der Waals surface area contributed by atoms with Gasteiger partial charge in [0, 0.05) is 5.39 Å². The van der Waals surface area contributed by atoms with Crippen molar-refractivity contribution in [3.8, 4) is 0 Å². The van der Waals surface area contributed by atoms with Crippen LogP contribution in [0.15, 0.2) is 47.4 Å². The van der Waals surface area contributed by atoms with Crippen LogP contribution in [0.2, 0.25) is 0 Å². The zero-order valence-electron chi connectivity index (χ0n) is 10.2. The van der Waals surface area contributed by atoms with Crippen LogP contribution in [0.25, 0.3) is 10.8 Å². The first-order valence-corrected chi connectivity index (χ1v) is 7.38. The lowest BCUT2D eigenvalue weighted by Crippen LogP contribution is -2.37. The third-order valence-electron chi connectivity index (χ3n) is 3.10. The van der Waals surface area contributed by atoms with E-state index in [0.717, 1.165) is 5.39 Å². The van der Waals surface area contributed by atoms with Gasteiger partial charge in [-0.25, -0.2) is 13.2 Å². The number of hydrogen-bond donors (Lipinski definition) is 2. The molecule has 2 aromatic rings. The summed E-state index contributed by atoms with van der Waals surface area (Å²) in [7, 11) is -3.99. The van der Waals surface area contributed by atoms with E-state index in [1.807, 2.05) is 5.32 Å². The molecule has 2 aromatic carbocycles. The molecule has 1 fully saturated rings. The minimum absolute atomic E-state index is 0.0259. The van der Waals surface area contributed by atoms with Gasteiger partial charge in [-0.15, -0.1) is 0 Å². The number of fused-ring (bicyclic) bond motifs is 1. The maximum atomic E-state index is 12.5. The highest BCUT2D eigenvalue weighted by molar-refractivity contribution is 7.93. The number of carbonyl (C=O) groups is 2. The molecule has 1 heterocycles. The lowest BCUT2D eigenvalue weighted by molar-refractivity contribution is -0.118. The number of amides is 3. The zero-order chi connectivity index (χ0) is 14.3. The molecular formula is C13H10N2O4S. The van der Waals surface area contributed by atoms with E-state index in [9.17, 15) is 18.0 Å². The summed E-state index contributed by atoms with van der Waals surface area (Å²) in [5.41, 5.74) is 0. The summed E-state index contributed by atoms with van der Waals surface area (Å²) >= 11 is 0. The highest BCUT2D eigenvalue weighted by Gasteiger charge is 2.41. The molecule has 0 spiro atoms. The van der Waals surface area contributed by atoms with Gasteiger partial charge >= 0.3 is 6.03 Å². The van der Waals surface area contributed by atoms with E-state index in [0.29, 0.717) is 5.39 Å². The Balaban J connectivity index is 2.20. The second-order valence-electron chi connectivity index (χ2n) is 4.37. The van der Waals surface area contributed by atoms with Crippen LogP contribution in [-0.4, -0.2) is 25.7 Å². The summed E-state index contributed by atoms with van der Waals surface area (Å²) < 4.78 is 25.1. The Morgan fingerprint density at radius 3 is 2.35 bits per heavy atom. The number of nitrogens with one attached hydrogen (secondary N) is 2. The van der Waals surface area contributed by atoms with Crippen LogP contribution in [0.1, 0.15) is 0 Å². The Kier molecular flexibility index (Phi) is 2.72. The highest BCUT2D eigenvalue weighted by Crippen LogP contribution is 2.26. The van der Waals surface area contributed by atoms with Crippen LogP contribution in [0.4, 0.5) is 4.79 Å². The Hall–Kier alpha value is -2.41. The van der Waals surface area contributed by atoms with Crippen LogP contribution >= 0.6 is 0 Å². The van der Waals surface area contributed by atoms with E-state index in [-0.39, 0.29) is 4.90 Å². The fourth-order valence-electron chi connectivity index (χ4n) is 2.19. The monoisotopic (exact) mass is 290 g/mol. The van der Waals surface area contributed by atoms with Crippen molar-refractivity contribution < 1.29 is 18.0 Å². The maximum absolute atomic E-state index is 12.5. The van der Waals surface area contributed by atoms with Crippen LogP contribution in [-0.2, 0) is 14.6 Å². The quantitative estimate of drug-likeness (QED) is 0.799. The molecule has 2 N–H and O–H groups in total. The highest BCUT2D eigenvalue weighted by atomic mass is 32.2. The van der Waals surface area contributed by atoms with E-state index in [2.05, 4.69) is 5.32 Å². The van der Waals surface area contributed by atoms with Gasteiger partial charge in [0.05, 0.1) is 4.90 Å². The number of benzene rings is 2. The Bertz CT molecular complexity index is 824. The second-order valence-corrected chi connectivity index (χ2v) is 6.37. The molecule has 20 heavy (non-hydrogen) atoms. The number of rotatable bonds is 2. The summed E-state index contributed by atoms with van der Waals surface area (Å²) in [6.07, 6.45) is 0. The third-order valence-corrected chi connectivity index (χ3v) is 5.03. The molecule has 6 nitrogen and oxygen atoms in total. The molecule has 0 bridgehead atoms. The number of carbonyl (C=O) groups excluding carboxylic acids is 2. The van der Waals surface area contributed by atoms with Crippen LogP contribution in [0, 0.1) is 0 Å². The second kappa shape index (κ2) is 4.31. The molecule has 1 saturated heterocycles. The summed E-state index contributed by atoms with van der Waals surface area (Å²) in [6, 6.07) is 11.0. The summed E-state index contributed by atoms with van der Waals surface area (Å²) in [5.74, 6) is -0.858. The molecule has 1 atom stereocenters. The molecule has 1 aliphatic rings. The minimum Gasteiger partial charge on any atom is -0.313 e. The molecule has 3 rings (SSSR count). The first kappa shape index (κ1) is 12.6. The van der Waals surface area contributed by atoms with Gasteiger partial charge in [0.25, 0.3) is 5.91 Å². The van der Waals surface area contributed by atoms with Crippen molar-refractivity contribution in [3.63, 3.8) is 0 Å². The van der Waals surface area contributed by atoms with Crippen molar-refractivity contribution in [2.75, 3.05) is 0 Å². The zero-order valence-corrected chi connectivity index (χ0v) is 11.0. The fourth-order valence-corrected chi connectivity index (χ4v) is 3.80. The standard InChI is InChI=1S/C13H10N2O4S/c16-11-12(15-13(17)14-11)20(18,19)10-7-3-5-8-4-1-2-6-9(8)10/h1-7,12H,(H2,14,15,16,17). The van der Waals surface area contributed by atoms with Crippen molar-refractivity contribution >= 4 is 32.5 Å². The molecular weight excluding hydrogens is 280 g/mol. The summed E-state index contributed by atoms with van der Waals surface area (Å²) in [4.78, 5) is 22.7. The normalized spacial score (nSPS) is 18.9. The van der Waals surface area contributed by atoms with Crippen molar-refractivity contribution in [2.45, 2.75) is 10.3 Å². The number of hydrogen-bond acceptors (Lipinski definition) is 4. The van der Waals surface area contributed by atoms with Gasteiger partial charge in [-0.2, -0.15) is 0 Å². The third kappa shape index (κ3) is 1.83. The average Bonchev–Trinajstić information content (AvgIpc) is 2.78. The van der Waals surface area contributed by atoms with Gasteiger partial charge in [0.2, 0.25) is 15.2 Å². The van der Waals surface area contributed by atoms with E-state index in [1.54, 1.807) is 36.4 Å². The largest absolute Gasteiger partial charge is 0.322 e. The van der Waals surface area contributed by atoms with Crippen LogP contribution in [0.3, 0.4) is 0 Å². The smallest absolute Gasteiger partial charge is 0.313 e. The topological polar surface area (TPSA) is 92.3 Å². The lowest BCUT2D eigenvalue weighted by Gasteiger charge is -2.11. The van der Waals surface area contributed by atoms with Crippen LogP contribution in [0.5, 0.6) is 0 Å². The number of imide groups is 1. The van der Waals surface area contributed by atoms with Crippen molar-refractivity contribution in [3.05, 3.63) is 42.5 Å². The predicted molar refractivity (Wildman–Crippen MR) is 71.6 cm³/mol. The molecule has 0 saturated carbocycles. The molecule has 1 unspecified atom stereocenters. The Labute approximate surface area is 114 Å². The van der Waals surface area contributed by atoms with Gasteiger partial charge in [-0.3, -0.25) is 10.1 Å². The summed E-state index contributed by atoms with van der Waals surface area (Å²) in [5, 5.41) is 3.73. The van der Waals surface area contributed by atoms with Gasteiger partial charge < -0.3 is 5.32 Å². The number of sulfone groups is 1. The van der Waals surface area contributed by atoms with Gasteiger partial charge in [0.1, 0.15) is 0 Å². The number of urea groups is 1. The molecule has 1 aliphatic heterocycles. The summed E-state index contributed by atoms with van der Waals surface area (Å²) in [6.45, 7) is 0. The predicted octanol–water partition coefficient (Wildman–Crippen LogP) is 0.779. The molecule has 0 aliphatic carbocycles. The van der Waals surface area contributed by atoms with Crippen molar-refractivity contribution in [1.29, 1.82) is 0 Å².